The van der Waals surface area contributed by atoms with Crippen LogP contribution < -0.4 is 9.64 Å². The van der Waals surface area contributed by atoms with Crippen molar-refractivity contribution in [2.75, 3.05) is 37.8 Å². The highest BCUT2D eigenvalue weighted by atomic mass is 16.5. The van der Waals surface area contributed by atoms with Crippen molar-refractivity contribution in [2.45, 2.75) is 13.3 Å². The lowest BCUT2D eigenvalue weighted by Gasteiger charge is -2.28. The van der Waals surface area contributed by atoms with Crippen molar-refractivity contribution in [3.63, 3.8) is 0 Å². The number of nitrogens with zero attached hydrogens (tertiary/aromatic N) is 7. The van der Waals surface area contributed by atoms with Crippen LogP contribution in [0, 0.1) is 6.92 Å². The summed E-state index contributed by atoms with van der Waals surface area (Å²) < 4.78 is 15.0. The Morgan fingerprint density at radius 3 is 2.76 bits per heavy atom. The van der Waals surface area contributed by atoms with Gasteiger partial charge in [0.05, 0.1) is 31.7 Å². The molecule has 1 aromatic carbocycles. The molecule has 0 saturated carbocycles. The molecular weight excluding hydrogens is 418 g/mol. The van der Waals surface area contributed by atoms with E-state index >= 15 is 0 Å². The van der Waals surface area contributed by atoms with Gasteiger partial charge in [0, 0.05) is 50.6 Å². The molecule has 0 N–H and O–H groups in total. The van der Waals surface area contributed by atoms with E-state index in [1.165, 1.54) is 5.56 Å². The van der Waals surface area contributed by atoms with Crippen LogP contribution in [0.3, 0.4) is 0 Å². The SMILES string of the molecule is Cc1cccc(-c2ccn(-c3nc(OCCc4cnn(C)c4)cc(N4CCOCC4)n3)n2)c1. The maximum atomic E-state index is 6.03. The predicted molar refractivity (Wildman–Crippen MR) is 125 cm³/mol. The Morgan fingerprint density at radius 2 is 1.97 bits per heavy atom. The van der Waals surface area contributed by atoms with E-state index in [4.69, 9.17) is 19.6 Å². The molecular formula is C24H27N7O2. The number of hydrogen-bond acceptors (Lipinski definition) is 7. The number of aromatic nitrogens is 6. The van der Waals surface area contributed by atoms with Gasteiger partial charge in [0.15, 0.2) is 0 Å². The van der Waals surface area contributed by atoms with Crippen LogP contribution in [0.25, 0.3) is 17.2 Å². The fourth-order valence-electron chi connectivity index (χ4n) is 3.80. The monoisotopic (exact) mass is 445 g/mol. The van der Waals surface area contributed by atoms with E-state index in [2.05, 4.69) is 40.1 Å². The Labute approximate surface area is 192 Å². The summed E-state index contributed by atoms with van der Waals surface area (Å²) in [7, 11) is 1.91. The number of anilines is 1. The number of aryl methyl sites for hydroxylation is 2. The summed E-state index contributed by atoms with van der Waals surface area (Å²) in [4.78, 5) is 11.6. The Morgan fingerprint density at radius 1 is 1.09 bits per heavy atom. The summed E-state index contributed by atoms with van der Waals surface area (Å²) in [5, 5.41) is 8.94. The van der Waals surface area contributed by atoms with Crippen LogP contribution in [0.15, 0.2) is 55.0 Å². The first-order chi connectivity index (χ1) is 16.1. The van der Waals surface area contributed by atoms with Crippen molar-refractivity contribution >= 4 is 5.82 Å². The summed E-state index contributed by atoms with van der Waals surface area (Å²) in [6.07, 6.45) is 6.48. The smallest absolute Gasteiger partial charge is 0.255 e. The van der Waals surface area contributed by atoms with Crippen molar-refractivity contribution < 1.29 is 9.47 Å². The third kappa shape index (κ3) is 5.04. The van der Waals surface area contributed by atoms with Gasteiger partial charge in [0.2, 0.25) is 5.88 Å². The second-order valence-corrected chi connectivity index (χ2v) is 8.10. The Hall–Kier alpha value is -3.72. The fraction of sp³-hybridized carbons (Fsp3) is 0.333. The minimum absolute atomic E-state index is 0.481. The van der Waals surface area contributed by atoms with Crippen molar-refractivity contribution in [1.82, 2.24) is 29.5 Å². The second kappa shape index (κ2) is 9.41. The molecule has 0 unspecified atom stereocenters. The van der Waals surface area contributed by atoms with E-state index in [1.807, 2.05) is 43.8 Å². The van der Waals surface area contributed by atoms with E-state index < -0.39 is 0 Å². The van der Waals surface area contributed by atoms with E-state index in [-0.39, 0.29) is 0 Å². The predicted octanol–water partition coefficient (Wildman–Crippen LogP) is 2.83. The number of rotatable bonds is 7. The molecule has 0 radical (unpaired) electrons. The van der Waals surface area contributed by atoms with Crippen molar-refractivity contribution in [3.05, 3.63) is 66.1 Å². The zero-order chi connectivity index (χ0) is 22.6. The molecule has 0 amide bonds. The molecule has 9 nitrogen and oxygen atoms in total. The van der Waals surface area contributed by atoms with Gasteiger partial charge in [-0.05, 0) is 24.6 Å². The van der Waals surface area contributed by atoms with Crippen LogP contribution >= 0.6 is 0 Å². The first-order valence-electron chi connectivity index (χ1n) is 11.1. The molecule has 170 valence electrons. The van der Waals surface area contributed by atoms with Gasteiger partial charge in [-0.3, -0.25) is 4.68 Å². The molecule has 4 aromatic rings. The molecule has 0 bridgehead atoms. The van der Waals surface area contributed by atoms with E-state index in [9.17, 15) is 0 Å². The van der Waals surface area contributed by atoms with Gasteiger partial charge in [0.1, 0.15) is 5.82 Å². The average molecular weight is 446 g/mol. The minimum atomic E-state index is 0.481. The summed E-state index contributed by atoms with van der Waals surface area (Å²) in [6.45, 7) is 5.48. The molecule has 1 aliphatic rings. The largest absolute Gasteiger partial charge is 0.477 e. The van der Waals surface area contributed by atoms with Crippen molar-refractivity contribution in [3.8, 4) is 23.1 Å². The lowest BCUT2D eigenvalue weighted by Crippen LogP contribution is -2.37. The van der Waals surface area contributed by atoms with Crippen molar-refractivity contribution in [1.29, 1.82) is 0 Å². The second-order valence-electron chi connectivity index (χ2n) is 8.10. The molecule has 0 aliphatic carbocycles. The molecule has 9 heteroatoms. The minimum Gasteiger partial charge on any atom is -0.477 e. The third-order valence-electron chi connectivity index (χ3n) is 5.52. The Bertz CT molecular complexity index is 1230. The van der Waals surface area contributed by atoms with Gasteiger partial charge < -0.3 is 14.4 Å². The van der Waals surface area contributed by atoms with E-state index in [0.717, 1.165) is 42.1 Å². The Balaban J connectivity index is 1.41. The van der Waals surface area contributed by atoms with Crippen LogP contribution in [-0.2, 0) is 18.2 Å². The van der Waals surface area contributed by atoms with Crippen LogP contribution in [0.1, 0.15) is 11.1 Å². The lowest BCUT2D eigenvalue weighted by atomic mass is 10.1. The number of hydrogen-bond donors (Lipinski definition) is 0. The quantitative estimate of drug-likeness (QED) is 0.433. The van der Waals surface area contributed by atoms with Gasteiger partial charge in [-0.2, -0.15) is 20.2 Å². The standard InChI is InChI=1S/C24H27N7O2/c1-18-4-3-5-20(14-18)21-6-8-31(28-21)24-26-22(30-9-12-32-13-10-30)15-23(27-24)33-11-7-19-16-25-29(2)17-19/h3-6,8,14-17H,7,9-13H2,1-2H3. The summed E-state index contributed by atoms with van der Waals surface area (Å²) in [6, 6.07) is 12.1. The molecule has 1 saturated heterocycles. The van der Waals surface area contributed by atoms with Crippen LogP contribution in [0.5, 0.6) is 5.88 Å². The van der Waals surface area contributed by atoms with Gasteiger partial charge >= 0.3 is 0 Å². The lowest BCUT2D eigenvalue weighted by molar-refractivity contribution is 0.122. The summed E-state index contributed by atoms with van der Waals surface area (Å²) in [5.41, 5.74) is 4.25. The maximum absolute atomic E-state index is 6.03. The molecule has 33 heavy (non-hydrogen) atoms. The molecule has 3 aromatic heterocycles. The first kappa shape index (κ1) is 21.1. The van der Waals surface area contributed by atoms with Gasteiger partial charge in [-0.25, -0.2) is 4.68 Å². The molecule has 4 heterocycles. The van der Waals surface area contributed by atoms with Gasteiger partial charge in [0.25, 0.3) is 5.95 Å². The molecule has 1 aliphatic heterocycles. The molecule has 0 spiro atoms. The zero-order valence-corrected chi connectivity index (χ0v) is 18.9. The highest BCUT2D eigenvalue weighted by Crippen LogP contribution is 2.23. The number of benzene rings is 1. The zero-order valence-electron chi connectivity index (χ0n) is 18.9. The third-order valence-corrected chi connectivity index (χ3v) is 5.52. The highest BCUT2D eigenvalue weighted by Gasteiger charge is 2.17. The fourth-order valence-corrected chi connectivity index (χ4v) is 3.80. The number of ether oxygens (including phenoxy) is 2. The van der Waals surface area contributed by atoms with Crippen LogP contribution in [0.2, 0.25) is 0 Å². The van der Waals surface area contributed by atoms with Gasteiger partial charge in [-0.15, -0.1) is 0 Å². The highest BCUT2D eigenvalue weighted by molar-refractivity contribution is 5.59. The van der Waals surface area contributed by atoms with Crippen LogP contribution in [0.4, 0.5) is 5.82 Å². The maximum Gasteiger partial charge on any atom is 0.255 e. The number of morpholine rings is 1. The van der Waals surface area contributed by atoms with E-state index in [0.29, 0.717) is 31.6 Å². The summed E-state index contributed by atoms with van der Waals surface area (Å²) >= 11 is 0. The average Bonchev–Trinajstić information content (AvgIpc) is 3.49. The topological polar surface area (TPSA) is 83.1 Å². The van der Waals surface area contributed by atoms with Gasteiger partial charge in [-0.1, -0.05) is 23.8 Å². The summed E-state index contributed by atoms with van der Waals surface area (Å²) in [5.74, 6) is 1.82. The normalized spacial score (nSPS) is 13.9. The molecule has 5 rings (SSSR count). The molecule has 0 atom stereocenters. The Kier molecular flexibility index (Phi) is 6.03. The first-order valence-corrected chi connectivity index (χ1v) is 11.1. The van der Waals surface area contributed by atoms with E-state index in [1.54, 1.807) is 9.36 Å². The van der Waals surface area contributed by atoms with Crippen molar-refractivity contribution in [2.24, 2.45) is 7.05 Å². The van der Waals surface area contributed by atoms with Crippen LogP contribution in [-0.4, -0.2) is 62.4 Å². The molecule has 1 fully saturated rings.